The van der Waals surface area contributed by atoms with Crippen LogP contribution in [0.15, 0.2) is 48.5 Å². The second-order valence-electron chi connectivity index (χ2n) is 7.00. The van der Waals surface area contributed by atoms with Crippen LogP contribution in [0.2, 0.25) is 0 Å². The van der Waals surface area contributed by atoms with Gasteiger partial charge in [-0.25, -0.2) is 4.98 Å². The lowest BCUT2D eigenvalue weighted by atomic mass is 10.0. The van der Waals surface area contributed by atoms with Gasteiger partial charge in [-0.15, -0.1) is 0 Å². The average molecular weight is 334 g/mol. The lowest BCUT2D eigenvalue weighted by Gasteiger charge is -2.34. The van der Waals surface area contributed by atoms with Gasteiger partial charge < -0.3 is 15.2 Å². The van der Waals surface area contributed by atoms with Crippen molar-refractivity contribution in [3.8, 4) is 0 Å². The highest BCUT2D eigenvalue weighted by atomic mass is 15.1. The van der Waals surface area contributed by atoms with E-state index in [-0.39, 0.29) is 0 Å². The van der Waals surface area contributed by atoms with Gasteiger partial charge in [-0.2, -0.15) is 0 Å². The molecule has 2 N–H and O–H groups in total. The van der Waals surface area contributed by atoms with Gasteiger partial charge in [0.1, 0.15) is 5.82 Å². The van der Waals surface area contributed by atoms with Gasteiger partial charge in [0.25, 0.3) is 0 Å². The van der Waals surface area contributed by atoms with Crippen molar-refractivity contribution in [1.29, 1.82) is 0 Å². The molecule has 2 aromatic carbocycles. The van der Waals surface area contributed by atoms with Gasteiger partial charge in [-0.3, -0.25) is 0 Å². The zero-order chi connectivity index (χ0) is 17.1. The molecule has 0 atom stereocenters. The number of fused-ring (bicyclic) bond motifs is 1. The number of hydrogen-bond acceptors (Lipinski definition) is 3. The molecule has 0 amide bonds. The van der Waals surface area contributed by atoms with E-state index >= 15 is 0 Å². The number of benzene rings is 2. The summed E-state index contributed by atoms with van der Waals surface area (Å²) in [5, 5.41) is 3.71. The van der Waals surface area contributed by atoms with Gasteiger partial charge in [-0.1, -0.05) is 29.8 Å². The highest BCUT2D eigenvalue weighted by Gasteiger charge is 2.18. The number of hydrogen-bond donors (Lipinski definition) is 2. The maximum atomic E-state index is 4.65. The van der Waals surface area contributed by atoms with E-state index in [1.54, 1.807) is 0 Å². The van der Waals surface area contributed by atoms with Crippen LogP contribution in [-0.4, -0.2) is 35.6 Å². The van der Waals surface area contributed by atoms with Gasteiger partial charge in [0, 0.05) is 37.8 Å². The van der Waals surface area contributed by atoms with E-state index in [1.807, 2.05) is 12.1 Å². The van der Waals surface area contributed by atoms with Crippen LogP contribution in [0.5, 0.6) is 0 Å². The Labute approximate surface area is 149 Å². The van der Waals surface area contributed by atoms with Crippen LogP contribution in [0, 0.1) is 6.92 Å². The van der Waals surface area contributed by atoms with E-state index in [4.69, 9.17) is 0 Å². The number of piperidine rings is 1. The molecule has 25 heavy (non-hydrogen) atoms. The third-order valence-electron chi connectivity index (χ3n) is 5.13. The van der Waals surface area contributed by atoms with Gasteiger partial charge in [0.2, 0.25) is 0 Å². The highest BCUT2D eigenvalue weighted by molar-refractivity contribution is 5.74. The quantitative estimate of drug-likeness (QED) is 0.748. The largest absolute Gasteiger partial charge is 0.371 e. The molecule has 1 aliphatic rings. The van der Waals surface area contributed by atoms with Crippen molar-refractivity contribution in [2.45, 2.75) is 32.2 Å². The smallest absolute Gasteiger partial charge is 0.108 e. The van der Waals surface area contributed by atoms with Gasteiger partial charge in [0.15, 0.2) is 0 Å². The van der Waals surface area contributed by atoms with E-state index in [9.17, 15) is 0 Å². The van der Waals surface area contributed by atoms with Crippen LogP contribution in [0.4, 0.5) is 5.69 Å². The Hall–Kier alpha value is -2.33. The molecular weight excluding hydrogens is 308 g/mol. The molecule has 0 radical (unpaired) electrons. The minimum Gasteiger partial charge on any atom is -0.371 e. The SMILES string of the molecule is Cc1ccc(N2CCC(NCCc3nc4ccccc4[nH]3)CC2)cc1. The Morgan fingerprint density at radius 2 is 1.84 bits per heavy atom. The molecule has 130 valence electrons. The molecule has 0 spiro atoms. The predicted octanol–water partition coefficient (Wildman–Crippen LogP) is 3.67. The van der Waals surface area contributed by atoms with E-state index < -0.39 is 0 Å². The van der Waals surface area contributed by atoms with Crippen molar-refractivity contribution in [2.75, 3.05) is 24.5 Å². The van der Waals surface area contributed by atoms with Crippen LogP contribution in [-0.2, 0) is 6.42 Å². The monoisotopic (exact) mass is 334 g/mol. The first kappa shape index (κ1) is 16.2. The van der Waals surface area contributed by atoms with Crippen LogP contribution in [0.1, 0.15) is 24.2 Å². The van der Waals surface area contributed by atoms with Gasteiger partial charge >= 0.3 is 0 Å². The summed E-state index contributed by atoms with van der Waals surface area (Å²) in [5.74, 6) is 1.07. The van der Waals surface area contributed by atoms with Gasteiger partial charge in [0.05, 0.1) is 11.0 Å². The summed E-state index contributed by atoms with van der Waals surface area (Å²) >= 11 is 0. The number of aromatic amines is 1. The van der Waals surface area contributed by atoms with Crippen molar-refractivity contribution in [3.63, 3.8) is 0 Å². The summed E-state index contributed by atoms with van der Waals surface area (Å²) in [6.07, 6.45) is 3.36. The summed E-state index contributed by atoms with van der Waals surface area (Å²) in [4.78, 5) is 10.6. The molecule has 1 aromatic heterocycles. The average Bonchev–Trinajstić information content (AvgIpc) is 3.06. The molecule has 0 saturated carbocycles. The molecular formula is C21H26N4. The normalized spacial score (nSPS) is 15.8. The first-order chi connectivity index (χ1) is 12.3. The predicted molar refractivity (Wildman–Crippen MR) is 104 cm³/mol. The molecule has 0 aliphatic carbocycles. The molecule has 1 saturated heterocycles. The van der Waals surface area contributed by atoms with Crippen LogP contribution in [0.25, 0.3) is 11.0 Å². The van der Waals surface area contributed by atoms with E-state index in [0.29, 0.717) is 6.04 Å². The topological polar surface area (TPSA) is 44.0 Å². The van der Waals surface area contributed by atoms with Crippen molar-refractivity contribution in [2.24, 2.45) is 0 Å². The van der Waals surface area contributed by atoms with Crippen molar-refractivity contribution in [3.05, 3.63) is 59.9 Å². The molecule has 0 unspecified atom stereocenters. The number of rotatable bonds is 5. The highest BCUT2D eigenvalue weighted by Crippen LogP contribution is 2.20. The Kier molecular flexibility index (Phi) is 4.70. The van der Waals surface area contributed by atoms with E-state index in [0.717, 1.165) is 42.9 Å². The van der Waals surface area contributed by atoms with Crippen molar-refractivity contribution < 1.29 is 0 Å². The van der Waals surface area contributed by atoms with E-state index in [2.05, 4.69) is 63.5 Å². The first-order valence-electron chi connectivity index (χ1n) is 9.26. The summed E-state index contributed by atoms with van der Waals surface area (Å²) in [6, 6.07) is 17.7. The molecule has 4 rings (SSSR count). The fourth-order valence-corrected chi connectivity index (χ4v) is 3.62. The Balaban J connectivity index is 1.24. The maximum absolute atomic E-state index is 4.65. The zero-order valence-corrected chi connectivity index (χ0v) is 14.8. The second-order valence-corrected chi connectivity index (χ2v) is 7.00. The summed E-state index contributed by atoms with van der Waals surface area (Å²) in [5.41, 5.74) is 4.87. The van der Waals surface area contributed by atoms with Crippen molar-refractivity contribution in [1.82, 2.24) is 15.3 Å². The van der Waals surface area contributed by atoms with Crippen LogP contribution in [0.3, 0.4) is 0 Å². The minimum absolute atomic E-state index is 0.617. The number of para-hydroxylation sites is 2. The van der Waals surface area contributed by atoms with Gasteiger partial charge in [-0.05, 0) is 44.0 Å². The number of aromatic nitrogens is 2. The minimum atomic E-state index is 0.617. The lowest BCUT2D eigenvalue weighted by molar-refractivity contribution is 0.416. The number of H-pyrrole nitrogens is 1. The number of nitrogens with one attached hydrogen (secondary N) is 2. The fraction of sp³-hybridized carbons (Fsp3) is 0.381. The summed E-state index contributed by atoms with van der Waals surface area (Å²) < 4.78 is 0. The molecule has 2 heterocycles. The molecule has 3 aromatic rings. The zero-order valence-electron chi connectivity index (χ0n) is 14.8. The number of aryl methyl sites for hydroxylation is 1. The fourth-order valence-electron chi connectivity index (χ4n) is 3.62. The first-order valence-corrected chi connectivity index (χ1v) is 9.26. The summed E-state index contributed by atoms with van der Waals surface area (Å²) in [6.45, 7) is 5.38. The Morgan fingerprint density at radius 1 is 1.08 bits per heavy atom. The summed E-state index contributed by atoms with van der Waals surface area (Å²) in [7, 11) is 0. The molecule has 0 bridgehead atoms. The van der Waals surface area contributed by atoms with Crippen LogP contribution >= 0.6 is 0 Å². The second kappa shape index (κ2) is 7.28. The molecule has 4 nitrogen and oxygen atoms in total. The Bertz CT molecular complexity index is 780. The lowest BCUT2D eigenvalue weighted by Crippen LogP contribution is -2.43. The van der Waals surface area contributed by atoms with Crippen molar-refractivity contribution >= 4 is 16.7 Å². The third-order valence-corrected chi connectivity index (χ3v) is 5.13. The standard InChI is InChI=1S/C21H26N4/c1-16-6-8-18(9-7-16)25-14-11-17(12-15-25)22-13-10-21-23-19-4-2-3-5-20(19)24-21/h2-9,17,22H,10-15H2,1H3,(H,23,24). The number of imidazole rings is 1. The molecule has 4 heteroatoms. The number of nitrogens with zero attached hydrogens (tertiary/aromatic N) is 2. The Morgan fingerprint density at radius 3 is 2.60 bits per heavy atom. The molecule has 1 aliphatic heterocycles. The third kappa shape index (κ3) is 3.85. The van der Waals surface area contributed by atoms with E-state index in [1.165, 1.54) is 24.1 Å². The molecule has 1 fully saturated rings. The van der Waals surface area contributed by atoms with Crippen LogP contribution < -0.4 is 10.2 Å². The maximum Gasteiger partial charge on any atom is 0.108 e. The number of anilines is 1.